The van der Waals surface area contributed by atoms with Crippen molar-refractivity contribution in [2.75, 3.05) is 16.9 Å². The van der Waals surface area contributed by atoms with Crippen molar-refractivity contribution >= 4 is 57.9 Å². The molecule has 0 radical (unpaired) electrons. The summed E-state index contributed by atoms with van der Waals surface area (Å²) in [6, 6.07) is 8.68. The number of nitrogens with two attached hydrogens (primary N) is 1. The molecular weight excluding hydrogens is 389 g/mol. The molecule has 0 aliphatic rings. The largest absolute Gasteiger partial charge is 0.335 e. The number of carbonyl (C=O) groups is 1. The number of amides is 1. The molecule has 0 spiro atoms. The van der Waals surface area contributed by atoms with Crippen molar-refractivity contribution in [1.29, 1.82) is 0 Å². The third-order valence-electron chi connectivity index (χ3n) is 2.94. The van der Waals surface area contributed by atoms with Gasteiger partial charge in [-0.25, -0.2) is 4.68 Å². The van der Waals surface area contributed by atoms with E-state index >= 15 is 0 Å². The molecule has 1 aromatic carbocycles. The molecule has 0 fully saturated rings. The summed E-state index contributed by atoms with van der Waals surface area (Å²) in [5, 5.41) is 14.0. The van der Waals surface area contributed by atoms with Crippen LogP contribution in [0.4, 0.5) is 5.69 Å². The van der Waals surface area contributed by atoms with E-state index in [-0.39, 0.29) is 11.7 Å². The number of aromatic nitrogens is 3. The number of benzene rings is 1. The Labute approximate surface area is 155 Å². The summed E-state index contributed by atoms with van der Waals surface area (Å²) in [5.74, 6) is 6.44. The van der Waals surface area contributed by atoms with Crippen molar-refractivity contribution in [2.45, 2.75) is 5.16 Å². The molecule has 3 N–H and O–H groups in total. The Balaban J connectivity index is 1.62. The number of hydrogen-bond donors (Lipinski definition) is 2. The Hall–Kier alpha value is -1.74. The van der Waals surface area contributed by atoms with Gasteiger partial charge in [-0.05, 0) is 29.6 Å². The van der Waals surface area contributed by atoms with E-state index in [9.17, 15) is 4.79 Å². The van der Waals surface area contributed by atoms with Crippen LogP contribution in [-0.2, 0) is 4.79 Å². The molecule has 0 saturated carbocycles. The van der Waals surface area contributed by atoms with E-state index in [1.807, 2.05) is 17.5 Å². The molecule has 0 aliphatic carbocycles. The van der Waals surface area contributed by atoms with Crippen LogP contribution in [-0.4, -0.2) is 26.5 Å². The smallest absolute Gasteiger partial charge is 0.234 e. The standard InChI is InChI=1S/C14H11Cl2N5OS2/c15-8-3-4-10(9(16)6-8)18-12(22)7-24-14-20-19-13(21(14)17)11-2-1-5-23-11/h1-6H,7,17H2,(H,18,22). The number of nitrogens with zero attached hydrogens (tertiary/aromatic N) is 3. The number of rotatable bonds is 5. The Bertz CT molecular complexity index is 866. The molecule has 3 rings (SSSR count). The molecular formula is C14H11Cl2N5OS2. The number of nitrogen functional groups attached to an aromatic ring is 1. The van der Waals surface area contributed by atoms with Gasteiger partial charge in [0.1, 0.15) is 0 Å². The minimum atomic E-state index is -0.232. The molecule has 2 aromatic heterocycles. The quantitative estimate of drug-likeness (QED) is 0.503. The molecule has 6 nitrogen and oxygen atoms in total. The van der Waals surface area contributed by atoms with Gasteiger partial charge in [0.05, 0.1) is 21.3 Å². The highest BCUT2D eigenvalue weighted by atomic mass is 35.5. The molecule has 2 heterocycles. The van der Waals surface area contributed by atoms with E-state index in [4.69, 9.17) is 29.0 Å². The summed E-state index contributed by atoms with van der Waals surface area (Å²) < 4.78 is 1.37. The van der Waals surface area contributed by atoms with Crippen LogP contribution in [0.5, 0.6) is 0 Å². The Morgan fingerprint density at radius 1 is 1.33 bits per heavy atom. The summed E-state index contributed by atoms with van der Waals surface area (Å²) in [6.07, 6.45) is 0. The first kappa shape index (κ1) is 17.1. The molecule has 0 saturated heterocycles. The van der Waals surface area contributed by atoms with Crippen LogP contribution < -0.4 is 11.2 Å². The van der Waals surface area contributed by atoms with E-state index in [2.05, 4.69) is 15.5 Å². The zero-order valence-corrected chi connectivity index (χ0v) is 15.2. The predicted molar refractivity (Wildman–Crippen MR) is 99.3 cm³/mol. The first-order chi connectivity index (χ1) is 11.5. The summed E-state index contributed by atoms with van der Waals surface area (Å²) in [6.45, 7) is 0. The maximum atomic E-state index is 12.0. The van der Waals surface area contributed by atoms with Crippen LogP contribution in [0.15, 0.2) is 40.9 Å². The third kappa shape index (κ3) is 3.84. The van der Waals surface area contributed by atoms with Crippen LogP contribution in [0.3, 0.4) is 0 Å². The lowest BCUT2D eigenvalue weighted by molar-refractivity contribution is -0.113. The van der Waals surface area contributed by atoms with Crippen molar-refractivity contribution in [3.8, 4) is 10.7 Å². The fourth-order valence-electron chi connectivity index (χ4n) is 1.86. The monoisotopic (exact) mass is 399 g/mol. The fourth-order valence-corrected chi connectivity index (χ4v) is 3.67. The second-order valence-electron chi connectivity index (χ2n) is 4.61. The van der Waals surface area contributed by atoms with Crippen molar-refractivity contribution in [3.05, 3.63) is 45.8 Å². The fraction of sp³-hybridized carbons (Fsp3) is 0.0714. The molecule has 0 unspecified atom stereocenters. The van der Waals surface area contributed by atoms with Crippen molar-refractivity contribution in [3.63, 3.8) is 0 Å². The van der Waals surface area contributed by atoms with Gasteiger partial charge in [-0.1, -0.05) is 41.0 Å². The Morgan fingerprint density at radius 3 is 2.88 bits per heavy atom. The highest BCUT2D eigenvalue weighted by Gasteiger charge is 2.15. The Kier molecular flexibility index (Phi) is 5.30. The molecule has 124 valence electrons. The van der Waals surface area contributed by atoms with Gasteiger partial charge < -0.3 is 11.2 Å². The lowest BCUT2D eigenvalue weighted by Crippen LogP contribution is -2.16. The van der Waals surface area contributed by atoms with Crippen LogP contribution >= 0.6 is 46.3 Å². The van der Waals surface area contributed by atoms with Gasteiger partial charge in [0.2, 0.25) is 11.1 Å². The Morgan fingerprint density at radius 2 is 2.17 bits per heavy atom. The molecule has 0 bridgehead atoms. The van der Waals surface area contributed by atoms with Gasteiger partial charge in [0.25, 0.3) is 0 Å². The zero-order valence-electron chi connectivity index (χ0n) is 12.1. The SMILES string of the molecule is Nn1c(SCC(=O)Nc2ccc(Cl)cc2Cl)nnc1-c1cccs1. The van der Waals surface area contributed by atoms with Crippen LogP contribution in [0.25, 0.3) is 10.7 Å². The number of halogens is 2. The van der Waals surface area contributed by atoms with Crippen molar-refractivity contribution < 1.29 is 4.79 Å². The third-order valence-corrected chi connectivity index (χ3v) is 5.30. The number of anilines is 1. The van der Waals surface area contributed by atoms with Gasteiger partial charge in [0, 0.05) is 5.02 Å². The second-order valence-corrected chi connectivity index (χ2v) is 7.35. The minimum Gasteiger partial charge on any atom is -0.335 e. The first-order valence-electron chi connectivity index (χ1n) is 6.66. The van der Waals surface area contributed by atoms with Crippen molar-refractivity contribution in [1.82, 2.24) is 14.9 Å². The van der Waals surface area contributed by atoms with E-state index in [1.165, 1.54) is 27.8 Å². The maximum absolute atomic E-state index is 12.0. The topological polar surface area (TPSA) is 85.8 Å². The van der Waals surface area contributed by atoms with Crippen LogP contribution in [0.2, 0.25) is 10.0 Å². The summed E-state index contributed by atoms with van der Waals surface area (Å²) in [5.41, 5.74) is 0.500. The van der Waals surface area contributed by atoms with Gasteiger partial charge in [-0.2, -0.15) is 0 Å². The number of thiophene rings is 1. The van der Waals surface area contributed by atoms with Crippen molar-refractivity contribution in [2.24, 2.45) is 0 Å². The average Bonchev–Trinajstić information content (AvgIpc) is 3.18. The molecule has 1 amide bonds. The molecule has 0 atom stereocenters. The van der Waals surface area contributed by atoms with E-state index in [0.717, 1.165) is 4.88 Å². The number of carbonyl (C=O) groups excluding carboxylic acids is 1. The second kappa shape index (κ2) is 7.43. The van der Waals surface area contributed by atoms with E-state index in [0.29, 0.717) is 26.7 Å². The summed E-state index contributed by atoms with van der Waals surface area (Å²) >= 11 is 14.6. The molecule has 3 aromatic rings. The first-order valence-corrected chi connectivity index (χ1v) is 9.29. The summed E-state index contributed by atoms with van der Waals surface area (Å²) in [7, 11) is 0. The van der Waals surface area contributed by atoms with Gasteiger partial charge in [-0.3, -0.25) is 4.79 Å². The minimum absolute atomic E-state index is 0.124. The number of thioether (sulfide) groups is 1. The zero-order chi connectivity index (χ0) is 17.1. The predicted octanol–water partition coefficient (Wildman–Crippen LogP) is 3.76. The van der Waals surface area contributed by atoms with Gasteiger partial charge in [0.15, 0.2) is 5.82 Å². The number of nitrogens with one attached hydrogen (secondary N) is 1. The van der Waals surface area contributed by atoms with Gasteiger partial charge in [-0.15, -0.1) is 21.5 Å². The average molecular weight is 400 g/mol. The lowest BCUT2D eigenvalue weighted by Gasteiger charge is -2.07. The van der Waals surface area contributed by atoms with E-state index < -0.39 is 0 Å². The van der Waals surface area contributed by atoms with Crippen LogP contribution in [0, 0.1) is 0 Å². The maximum Gasteiger partial charge on any atom is 0.234 e. The molecule has 24 heavy (non-hydrogen) atoms. The number of hydrogen-bond acceptors (Lipinski definition) is 6. The highest BCUT2D eigenvalue weighted by Crippen LogP contribution is 2.27. The molecule has 10 heteroatoms. The normalized spacial score (nSPS) is 10.8. The lowest BCUT2D eigenvalue weighted by atomic mass is 10.3. The highest BCUT2D eigenvalue weighted by molar-refractivity contribution is 7.99. The summed E-state index contributed by atoms with van der Waals surface area (Å²) in [4.78, 5) is 13.0. The van der Waals surface area contributed by atoms with Crippen LogP contribution in [0.1, 0.15) is 0 Å². The van der Waals surface area contributed by atoms with E-state index in [1.54, 1.807) is 18.2 Å². The molecule has 0 aliphatic heterocycles. The van der Waals surface area contributed by atoms with Gasteiger partial charge >= 0.3 is 0 Å².